The molecule has 0 spiro atoms. The highest BCUT2D eigenvalue weighted by atomic mass is 19.1. The molecule has 0 saturated heterocycles. The lowest BCUT2D eigenvalue weighted by Gasteiger charge is -2.09. The molecule has 2 N–H and O–H groups in total. The average molecular weight is 294 g/mol. The maximum absolute atomic E-state index is 14.0. The number of aromatic nitrogens is 2. The summed E-state index contributed by atoms with van der Waals surface area (Å²) in [7, 11) is 1.65. The van der Waals surface area contributed by atoms with Gasteiger partial charge in [0.1, 0.15) is 0 Å². The van der Waals surface area contributed by atoms with E-state index in [4.69, 9.17) is 10.5 Å². The summed E-state index contributed by atoms with van der Waals surface area (Å²) < 4.78 is 20.9. The van der Waals surface area contributed by atoms with Gasteiger partial charge in [0.2, 0.25) is 5.88 Å². The SMILES string of the molecule is Cc1cc(Oc2c(CN)c(C)nn2C)c(F)cc1[N+](=O)[O-]. The Balaban J connectivity index is 2.46. The smallest absolute Gasteiger partial charge is 0.275 e. The topological polar surface area (TPSA) is 96.2 Å². The quantitative estimate of drug-likeness (QED) is 0.689. The van der Waals surface area contributed by atoms with E-state index in [0.717, 1.165) is 6.07 Å². The third kappa shape index (κ3) is 2.70. The Morgan fingerprint density at radius 3 is 2.71 bits per heavy atom. The van der Waals surface area contributed by atoms with Gasteiger partial charge in [-0.05, 0) is 19.9 Å². The van der Waals surface area contributed by atoms with Crippen molar-refractivity contribution in [1.29, 1.82) is 0 Å². The first kappa shape index (κ1) is 14.9. The molecule has 0 unspecified atom stereocenters. The van der Waals surface area contributed by atoms with E-state index in [1.165, 1.54) is 17.7 Å². The standard InChI is InChI=1S/C13H15FN4O3/c1-7-4-12(10(14)5-11(7)18(19)20)21-13-9(6-15)8(2)16-17(13)3/h4-5H,6,15H2,1-3H3. The van der Waals surface area contributed by atoms with Crippen LogP contribution in [-0.4, -0.2) is 14.7 Å². The Kier molecular flexibility index (Phi) is 3.90. The van der Waals surface area contributed by atoms with Crippen LogP contribution in [0, 0.1) is 29.8 Å². The lowest BCUT2D eigenvalue weighted by molar-refractivity contribution is -0.385. The number of nitro benzene ring substituents is 1. The van der Waals surface area contributed by atoms with Gasteiger partial charge in [0.25, 0.3) is 5.69 Å². The lowest BCUT2D eigenvalue weighted by Crippen LogP contribution is -2.03. The Morgan fingerprint density at radius 1 is 1.48 bits per heavy atom. The number of benzene rings is 1. The molecule has 0 aliphatic rings. The molecule has 0 saturated carbocycles. The molecule has 0 fully saturated rings. The molecule has 2 rings (SSSR count). The minimum atomic E-state index is -0.811. The fraction of sp³-hybridized carbons (Fsp3) is 0.308. The van der Waals surface area contributed by atoms with Crippen molar-refractivity contribution in [2.24, 2.45) is 12.8 Å². The van der Waals surface area contributed by atoms with E-state index in [1.807, 2.05) is 0 Å². The summed E-state index contributed by atoms with van der Waals surface area (Å²) in [5, 5.41) is 14.9. The molecule has 112 valence electrons. The number of nitro groups is 1. The first-order chi connectivity index (χ1) is 9.85. The van der Waals surface area contributed by atoms with Gasteiger partial charge in [-0.3, -0.25) is 10.1 Å². The second-order valence-electron chi connectivity index (χ2n) is 4.63. The number of hydrogen-bond donors (Lipinski definition) is 1. The number of halogens is 1. The molecular formula is C13H15FN4O3. The molecule has 0 aliphatic carbocycles. The fourth-order valence-corrected chi connectivity index (χ4v) is 2.07. The van der Waals surface area contributed by atoms with E-state index in [9.17, 15) is 14.5 Å². The number of nitrogens with two attached hydrogens (primary N) is 1. The zero-order chi connectivity index (χ0) is 15.7. The van der Waals surface area contributed by atoms with Crippen molar-refractivity contribution in [3.8, 4) is 11.6 Å². The Labute approximate surface area is 120 Å². The minimum absolute atomic E-state index is 0.101. The van der Waals surface area contributed by atoms with Crippen LogP contribution in [0.1, 0.15) is 16.8 Å². The minimum Gasteiger partial charge on any atom is -0.436 e. The summed E-state index contributed by atoms with van der Waals surface area (Å²) in [5.41, 5.74) is 7.00. The van der Waals surface area contributed by atoms with Gasteiger partial charge < -0.3 is 10.5 Å². The van der Waals surface area contributed by atoms with E-state index in [0.29, 0.717) is 22.7 Å². The number of ether oxygens (including phenoxy) is 1. The lowest BCUT2D eigenvalue weighted by atomic mass is 10.2. The maximum Gasteiger partial charge on any atom is 0.275 e. The Bertz CT molecular complexity index is 712. The number of aryl methyl sites for hydroxylation is 3. The van der Waals surface area contributed by atoms with Crippen LogP contribution >= 0.6 is 0 Å². The van der Waals surface area contributed by atoms with Crippen LogP contribution in [0.25, 0.3) is 0 Å². The van der Waals surface area contributed by atoms with Gasteiger partial charge in [-0.1, -0.05) is 0 Å². The van der Waals surface area contributed by atoms with Crippen LogP contribution in [-0.2, 0) is 13.6 Å². The van der Waals surface area contributed by atoms with Crippen LogP contribution in [0.4, 0.5) is 10.1 Å². The highest BCUT2D eigenvalue weighted by Gasteiger charge is 2.20. The van der Waals surface area contributed by atoms with E-state index in [1.54, 1.807) is 14.0 Å². The highest BCUT2D eigenvalue weighted by molar-refractivity contribution is 5.47. The van der Waals surface area contributed by atoms with Crippen molar-refractivity contribution in [2.75, 3.05) is 0 Å². The second kappa shape index (κ2) is 5.49. The molecule has 0 aliphatic heterocycles. The third-order valence-electron chi connectivity index (χ3n) is 3.15. The van der Waals surface area contributed by atoms with E-state index < -0.39 is 10.7 Å². The van der Waals surface area contributed by atoms with Crippen molar-refractivity contribution < 1.29 is 14.1 Å². The first-order valence-corrected chi connectivity index (χ1v) is 6.20. The molecule has 21 heavy (non-hydrogen) atoms. The Morgan fingerprint density at radius 2 is 2.14 bits per heavy atom. The zero-order valence-corrected chi connectivity index (χ0v) is 11.9. The summed E-state index contributed by atoms with van der Waals surface area (Å²) >= 11 is 0. The van der Waals surface area contributed by atoms with Gasteiger partial charge in [0.05, 0.1) is 22.2 Å². The molecule has 0 radical (unpaired) electrons. The molecule has 0 amide bonds. The van der Waals surface area contributed by atoms with E-state index in [2.05, 4.69) is 5.10 Å². The predicted molar refractivity (Wildman–Crippen MR) is 73.7 cm³/mol. The molecule has 1 heterocycles. The van der Waals surface area contributed by atoms with Crippen LogP contribution < -0.4 is 10.5 Å². The molecule has 1 aromatic carbocycles. The van der Waals surface area contributed by atoms with Gasteiger partial charge in [0, 0.05) is 19.2 Å². The summed E-state index contributed by atoms with van der Waals surface area (Å²) in [6.07, 6.45) is 0. The molecule has 0 atom stereocenters. The summed E-state index contributed by atoms with van der Waals surface area (Å²) in [4.78, 5) is 10.1. The second-order valence-corrected chi connectivity index (χ2v) is 4.63. The van der Waals surface area contributed by atoms with Crippen LogP contribution in [0.2, 0.25) is 0 Å². The number of rotatable bonds is 4. The van der Waals surface area contributed by atoms with Crippen molar-refractivity contribution in [2.45, 2.75) is 20.4 Å². The number of hydrogen-bond acceptors (Lipinski definition) is 5. The van der Waals surface area contributed by atoms with Gasteiger partial charge >= 0.3 is 0 Å². The molecule has 2 aromatic rings. The van der Waals surface area contributed by atoms with Crippen molar-refractivity contribution in [3.63, 3.8) is 0 Å². The molecular weight excluding hydrogens is 279 g/mol. The van der Waals surface area contributed by atoms with E-state index >= 15 is 0 Å². The van der Waals surface area contributed by atoms with Crippen LogP contribution in [0.15, 0.2) is 12.1 Å². The molecule has 1 aromatic heterocycles. The Hall–Kier alpha value is -2.48. The fourth-order valence-electron chi connectivity index (χ4n) is 2.07. The van der Waals surface area contributed by atoms with Gasteiger partial charge in [-0.15, -0.1) is 0 Å². The normalized spacial score (nSPS) is 10.7. The molecule has 0 bridgehead atoms. The van der Waals surface area contributed by atoms with Crippen molar-refractivity contribution in [3.05, 3.63) is 44.9 Å². The van der Waals surface area contributed by atoms with Gasteiger partial charge in [-0.2, -0.15) is 5.10 Å². The first-order valence-electron chi connectivity index (χ1n) is 6.20. The summed E-state index contributed by atoms with van der Waals surface area (Å²) in [6, 6.07) is 2.13. The maximum atomic E-state index is 14.0. The number of nitrogens with zero attached hydrogens (tertiary/aromatic N) is 3. The van der Waals surface area contributed by atoms with Crippen molar-refractivity contribution in [1.82, 2.24) is 9.78 Å². The third-order valence-corrected chi connectivity index (χ3v) is 3.15. The monoisotopic (exact) mass is 294 g/mol. The predicted octanol–water partition coefficient (Wildman–Crippen LogP) is 2.34. The zero-order valence-electron chi connectivity index (χ0n) is 11.9. The van der Waals surface area contributed by atoms with Gasteiger partial charge in [0.15, 0.2) is 11.6 Å². The summed E-state index contributed by atoms with van der Waals surface area (Å²) in [6.45, 7) is 3.48. The van der Waals surface area contributed by atoms with Crippen LogP contribution in [0.3, 0.4) is 0 Å². The molecule has 7 nitrogen and oxygen atoms in total. The summed E-state index contributed by atoms with van der Waals surface area (Å²) in [5.74, 6) is -0.591. The largest absolute Gasteiger partial charge is 0.436 e. The highest BCUT2D eigenvalue weighted by Crippen LogP contribution is 2.32. The van der Waals surface area contributed by atoms with Crippen molar-refractivity contribution >= 4 is 5.69 Å². The van der Waals surface area contributed by atoms with Crippen LogP contribution in [0.5, 0.6) is 11.6 Å². The van der Waals surface area contributed by atoms with E-state index in [-0.39, 0.29) is 18.0 Å². The molecule has 8 heteroatoms. The average Bonchev–Trinajstić information content (AvgIpc) is 2.67. The van der Waals surface area contributed by atoms with Gasteiger partial charge in [-0.25, -0.2) is 9.07 Å².